The van der Waals surface area contributed by atoms with Crippen molar-refractivity contribution in [2.75, 3.05) is 14.1 Å². The van der Waals surface area contributed by atoms with Crippen molar-refractivity contribution in [3.63, 3.8) is 0 Å². The van der Waals surface area contributed by atoms with E-state index in [1.165, 1.54) is 6.08 Å². The molecule has 1 heterocycles. The molecule has 0 unspecified atom stereocenters. The first kappa shape index (κ1) is 10.9. The number of carbonyl (C=O) groups excluding carboxylic acids is 1. The van der Waals surface area contributed by atoms with Gasteiger partial charge in [0.05, 0.1) is 0 Å². The second kappa shape index (κ2) is 4.91. The van der Waals surface area contributed by atoms with Crippen LogP contribution in [0.2, 0.25) is 0 Å². The van der Waals surface area contributed by atoms with Crippen molar-refractivity contribution in [2.45, 2.75) is 0 Å². The maximum Gasteiger partial charge on any atom is 0.188 e. The van der Waals surface area contributed by atoms with E-state index >= 15 is 0 Å². The molecule has 0 bridgehead atoms. The first-order chi connectivity index (χ1) is 6.59. The highest BCUT2D eigenvalue weighted by atomic mass is 79.9. The van der Waals surface area contributed by atoms with Gasteiger partial charge in [0.1, 0.15) is 4.60 Å². The molecule has 0 radical (unpaired) electrons. The molecule has 1 aromatic heterocycles. The SMILES string of the molecule is CN(C)C=CC(=O)c1ccc(Br)nc1. The zero-order valence-electron chi connectivity index (χ0n) is 8.07. The summed E-state index contributed by atoms with van der Waals surface area (Å²) >= 11 is 3.21. The smallest absolute Gasteiger partial charge is 0.188 e. The summed E-state index contributed by atoms with van der Waals surface area (Å²) in [5.74, 6) is -0.0429. The average Bonchev–Trinajstić information content (AvgIpc) is 2.15. The topological polar surface area (TPSA) is 33.2 Å². The van der Waals surface area contributed by atoms with Crippen LogP contribution in [0.25, 0.3) is 0 Å². The molecule has 4 heteroatoms. The number of allylic oxidation sites excluding steroid dienone is 1. The van der Waals surface area contributed by atoms with E-state index < -0.39 is 0 Å². The maximum absolute atomic E-state index is 11.5. The molecule has 0 aromatic carbocycles. The second-order valence-electron chi connectivity index (χ2n) is 3.01. The van der Waals surface area contributed by atoms with Gasteiger partial charge in [-0.15, -0.1) is 0 Å². The van der Waals surface area contributed by atoms with Crippen LogP contribution in [0.4, 0.5) is 0 Å². The Balaban J connectivity index is 2.75. The summed E-state index contributed by atoms with van der Waals surface area (Å²) < 4.78 is 0.727. The third-order valence-electron chi connectivity index (χ3n) is 1.54. The normalized spacial score (nSPS) is 10.5. The molecule has 0 aliphatic heterocycles. The predicted molar refractivity (Wildman–Crippen MR) is 59.1 cm³/mol. The maximum atomic E-state index is 11.5. The van der Waals surface area contributed by atoms with E-state index in [4.69, 9.17) is 0 Å². The van der Waals surface area contributed by atoms with E-state index in [1.54, 1.807) is 24.5 Å². The largest absolute Gasteiger partial charge is 0.383 e. The third-order valence-corrected chi connectivity index (χ3v) is 2.01. The van der Waals surface area contributed by atoms with Crippen molar-refractivity contribution < 1.29 is 4.79 Å². The molecule has 0 spiro atoms. The molecule has 0 aliphatic rings. The number of ketones is 1. The van der Waals surface area contributed by atoms with Gasteiger partial charge in [-0.25, -0.2) is 4.98 Å². The number of aromatic nitrogens is 1. The molecule has 0 amide bonds. The van der Waals surface area contributed by atoms with Crippen LogP contribution in [-0.4, -0.2) is 29.8 Å². The lowest BCUT2D eigenvalue weighted by Gasteiger charge is -2.02. The molecular weight excluding hydrogens is 244 g/mol. The van der Waals surface area contributed by atoms with Gasteiger partial charge in [0.2, 0.25) is 0 Å². The fourth-order valence-electron chi connectivity index (χ4n) is 0.835. The van der Waals surface area contributed by atoms with E-state index in [1.807, 2.05) is 19.0 Å². The summed E-state index contributed by atoms with van der Waals surface area (Å²) in [4.78, 5) is 17.3. The number of hydrogen-bond donors (Lipinski definition) is 0. The number of carbonyl (C=O) groups is 1. The first-order valence-corrected chi connectivity index (χ1v) is 4.89. The number of hydrogen-bond acceptors (Lipinski definition) is 3. The monoisotopic (exact) mass is 254 g/mol. The standard InChI is InChI=1S/C10H11BrN2O/c1-13(2)6-5-9(14)8-3-4-10(11)12-7-8/h3-7H,1-2H3. The molecule has 0 N–H and O–H groups in total. The Morgan fingerprint density at radius 3 is 2.71 bits per heavy atom. The van der Waals surface area contributed by atoms with Crippen molar-refractivity contribution in [1.29, 1.82) is 0 Å². The molecule has 0 saturated carbocycles. The Labute approximate surface area is 91.6 Å². The Hall–Kier alpha value is -1.16. The van der Waals surface area contributed by atoms with Crippen LogP contribution < -0.4 is 0 Å². The molecular formula is C10H11BrN2O. The van der Waals surface area contributed by atoms with Gasteiger partial charge in [0.25, 0.3) is 0 Å². The third kappa shape index (κ3) is 3.30. The number of halogens is 1. The van der Waals surface area contributed by atoms with Gasteiger partial charge < -0.3 is 4.90 Å². The van der Waals surface area contributed by atoms with E-state index in [9.17, 15) is 4.79 Å². The average molecular weight is 255 g/mol. The molecule has 1 aromatic rings. The van der Waals surface area contributed by atoms with Gasteiger partial charge in [0, 0.05) is 38.1 Å². The summed E-state index contributed by atoms with van der Waals surface area (Å²) in [6.45, 7) is 0. The number of nitrogens with zero attached hydrogens (tertiary/aromatic N) is 2. The highest BCUT2D eigenvalue weighted by molar-refractivity contribution is 9.10. The Kier molecular flexibility index (Phi) is 3.83. The minimum atomic E-state index is -0.0429. The van der Waals surface area contributed by atoms with E-state index in [0.29, 0.717) is 5.56 Å². The molecule has 0 saturated heterocycles. The van der Waals surface area contributed by atoms with Gasteiger partial charge in [-0.3, -0.25) is 4.79 Å². The van der Waals surface area contributed by atoms with Crippen molar-refractivity contribution in [3.05, 3.63) is 40.8 Å². The van der Waals surface area contributed by atoms with Gasteiger partial charge in [0.15, 0.2) is 5.78 Å². The van der Waals surface area contributed by atoms with Crippen LogP contribution in [0, 0.1) is 0 Å². The zero-order chi connectivity index (χ0) is 10.6. The van der Waals surface area contributed by atoms with Crippen LogP contribution >= 0.6 is 15.9 Å². The van der Waals surface area contributed by atoms with Crippen molar-refractivity contribution >= 4 is 21.7 Å². The summed E-state index contributed by atoms with van der Waals surface area (Å²) in [7, 11) is 3.73. The van der Waals surface area contributed by atoms with E-state index in [2.05, 4.69) is 20.9 Å². The van der Waals surface area contributed by atoms with Crippen LogP contribution in [-0.2, 0) is 0 Å². The van der Waals surface area contributed by atoms with Crippen molar-refractivity contribution in [3.8, 4) is 0 Å². The fourth-order valence-corrected chi connectivity index (χ4v) is 1.07. The lowest BCUT2D eigenvalue weighted by Crippen LogP contribution is -2.03. The first-order valence-electron chi connectivity index (χ1n) is 4.10. The molecule has 3 nitrogen and oxygen atoms in total. The summed E-state index contributed by atoms with van der Waals surface area (Å²) in [6, 6.07) is 3.48. The van der Waals surface area contributed by atoms with Crippen molar-refractivity contribution in [1.82, 2.24) is 9.88 Å². The highest BCUT2D eigenvalue weighted by Gasteiger charge is 2.01. The van der Waals surface area contributed by atoms with Crippen LogP contribution in [0.15, 0.2) is 35.2 Å². The van der Waals surface area contributed by atoms with Gasteiger partial charge >= 0.3 is 0 Å². The lowest BCUT2D eigenvalue weighted by molar-refractivity contribution is 0.104. The lowest BCUT2D eigenvalue weighted by atomic mass is 10.2. The molecule has 0 fully saturated rings. The van der Waals surface area contributed by atoms with Crippen LogP contribution in [0.1, 0.15) is 10.4 Å². The van der Waals surface area contributed by atoms with E-state index in [-0.39, 0.29) is 5.78 Å². The fraction of sp³-hybridized carbons (Fsp3) is 0.200. The number of rotatable bonds is 3. The summed E-state index contributed by atoms with van der Waals surface area (Å²) in [6.07, 6.45) is 4.78. The predicted octanol–water partition coefficient (Wildman–Crippen LogP) is 2.10. The second-order valence-corrected chi connectivity index (χ2v) is 3.83. The van der Waals surface area contributed by atoms with Gasteiger partial charge in [-0.1, -0.05) is 0 Å². The molecule has 74 valence electrons. The van der Waals surface area contributed by atoms with Crippen molar-refractivity contribution in [2.24, 2.45) is 0 Å². The van der Waals surface area contributed by atoms with Crippen LogP contribution in [0.5, 0.6) is 0 Å². The van der Waals surface area contributed by atoms with Gasteiger partial charge in [-0.05, 0) is 28.1 Å². The minimum absolute atomic E-state index is 0.0429. The van der Waals surface area contributed by atoms with Crippen LogP contribution in [0.3, 0.4) is 0 Å². The zero-order valence-corrected chi connectivity index (χ0v) is 9.65. The Morgan fingerprint density at radius 2 is 2.21 bits per heavy atom. The Morgan fingerprint density at radius 1 is 1.50 bits per heavy atom. The molecule has 0 atom stereocenters. The quantitative estimate of drug-likeness (QED) is 0.471. The minimum Gasteiger partial charge on any atom is -0.383 e. The Bertz CT molecular complexity index is 344. The van der Waals surface area contributed by atoms with E-state index in [0.717, 1.165) is 4.60 Å². The summed E-state index contributed by atoms with van der Waals surface area (Å²) in [5, 5.41) is 0. The molecule has 0 aliphatic carbocycles. The highest BCUT2D eigenvalue weighted by Crippen LogP contribution is 2.07. The number of pyridine rings is 1. The molecule has 14 heavy (non-hydrogen) atoms. The summed E-state index contributed by atoms with van der Waals surface area (Å²) in [5.41, 5.74) is 0.589. The van der Waals surface area contributed by atoms with Gasteiger partial charge in [-0.2, -0.15) is 0 Å². The molecule has 1 rings (SSSR count).